The third kappa shape index (κ3) is 6.31. The second kappa shape index (κ2) is 8.17. The summed E-state index contributed by atoms with van der Waals surface area (Å²) in [7, 11) is 0. The van der Waals surface area contributed by atoms with Gasteiger partial charge in [-0.2, -0.15) is 0 Å². The lowest BCUT2D eigenvalue weighted by atomic mass is 9.75. The number of halogens is 1. The van der Waals surface area contributed by atoms with Gasteiger partial charge < -0.3 is 15.4 Å². The van der Waals surface area contributed by atoms with Crippen LogP contribution in [0, 0.1) is 11.7 Å². The Morgan fingerprint density at radius 3 is 2.36 bits per heavy atom. The Morgan fingerprint density at radius 2 is 1.84 bits per heavy atom. The summed E-state index contributed by atoms with van der Waals surface area (Å²) in [4.78, 5) is 11.8. The highest BCUT2D eigenvalue weighted by Crippen LogP contribution is 2.37. The van der Waals surface area contributed by atoms with Crippen molar-refractivity contribution in [3.63, 3.8) is 0 Å². The van der Waals surface area contributed by atoms with Gasteiger partial charge in [0, 0.05) is 18.6 Å². The van der Waals surface area contributed by atoms with Crippen LogP contribution in [0.3, 0.4) is 0 Å². The maximum absolute atomic E-state index is 13.0. The van der Waals surface area contributed by atoms with E-state index < -0.39 is 5.60 Å². The molecule has 1 aliphatic carbocycles. The highest BCUT2D eigenvalue weighted by molar-refractivity contribution is 5.67. The molecule has 1 aromatic carbocycles. The fraction of sp³-hybridized carbons (Fsp3) is 0.650. The summed E-state index contributed by atoms with van der Waals surface area (Å²) in [6.07, 6.45) is 1.71. The Balaban J connectivity index is 1.77. The van der Waals surface area contributed by atoms with Crippen molar-refractivity contribution >= 4 is 6.09 Å². The van der Waals surface area contributed by atoms with Crippen LogP contribution in [0.2, 0.25) is 0 Å². The third-order valence-corrected chi connectivity index (χ3v) is 4.60. The number of alkyl carbamates (subject to hydrolysis) is 1. The number of benzene rings is 1. The van der Waals surface area contributed by atoms with E-state index in [2.05, 4.69) is 24.5 Å². The van der Waals surface area contributed by atoms with Crippen molar-refractivity contribution in [2.45, 2.75) is 71.1 Å². The Kier molecular flexibility index (Phi) is 6.44. The Hall–Kier alpha value is -1.62. The van der Waals surface area contributed by atoms with E-state index in [1.807, 2.05) is 32.9 Å². The van der Waals surface area contributed by atoms with Gasteiger partial charge in [0.25, 0.3) is 0 Å². The van der Waals surface area contributed by atoms with Gasteiger partial charge in [-0.1, -0.05) is 26.0 Å². The standard InChI is InChI=1S/C20H31FN2O2/c1-13(2)18(12-22-19(24)25-20(3,4)5)23-17-10-15(11-17)14-6-8-16(21)9-7-14/h6-9,13,15,17-18,23H,10-12H2,1-5H3,(H,22,24). The highest BCUT2D eigenvalue weighted by Gasteiger charge is 2.32. The van der Waals surface area contributed by atoms with Gasteiger partial charge in [0.05, 0.1) is 0 Å². The molecule has 0 aromatic heterocycles. The zero-order valence-corrected chi connectivity index (χ0v) is 15.9. The molecule has 5 heteroatoms. The number of ether oxygens (including phenoxy) is 1. The van der Waals surface area contributed by atoms with Crippen molar-refractivity contribution in [2.24, 2.45) is 5.92 Å². The monoisotopic (exact) mass is 350 g/mol. The Bertz CT molecular complexity index is 560. The second-order valence-electron chi connectivity index (χ2n) is 8.32. The average molecular weight is 350 g/mol. The van der Waals surface area contributed by atoms with Crippen molar-refractivity contribution in [2.75, 3.05) is 6.54 Å². The van der Waals surface area contributed by atoms with Crippen LogP contribution in [0.5, 0.6) is 0 Å². The molecule has 1 aromatic rings. The SMILES string of the molecule is CC(C)C(CNC(=O)OC(C)(C)C)NC1CC(c2ccc(F)cc2)C1. The van der Waals surface area contributed by atoms with Crippen LogP contribution >= 0.6 is 0 Å². The normalized spacial score (nSPS) is 21.6. The Morgan fingerprint density at radius 1 is 1.24 bits per heavy atom. The quantitative estimate of drug-likeness (QED) is 0.808. The number of carbonyl (C=O) groups excluding carboxylic acids is 1. The van der Waals surface area contributed by atoms with Gasteiger partial charge in [-0.25, -0.2) is 9.18 Å². The topological polar surface area (TPSA) is 50.4 Å². The third-order valence-electron chi connectivity index (χ3n) is 4.60. The maximum atomic E-state index is 13.0. The van der Waals surface area contributed by atoms with Crippen LogP contribution in [0.25, 0.3) is 0 Å². The summed E-state index contributed by atoms with van der Waals surface area (Å²) in [5.74, 6) is 0.704. The van der Waals surface area contributed by atoms with E-state index in [4.69, 9.17) is 4.74 Å². The van der Waals surface area contributed by atoms with Crippen LogP contribution < -0.4 is 10.6 Å². The molecule has 1 unspecified atom stereocenters. The summed E-state index contributed by atoms with van der Waals surface area (Å²) in [5, 5.41) is 6.50. The lowest BCUT2D eigenvalue weighted by molar-refractivity contribution is 0.0516. The maximum Gasteiger partial charge on any atom is 0.407 e. The number of amides is 1. The molecule has 0 radical (unpaired) electrons. The van der Waals surface area contributed by atoms with Gasteiger partial charge in [0.2, 0.25) is 0 Å². The Labute approximate surface area is 150 Å². The fourth-order valence-corrected chi connectivity index (χ4v) is 3.06. The number of hydrogen-bond donors (Lipinski definition) is 2. The minimum absolute atomic E-state index is 0.189. The first-order valence-electron chi connectivity index (χ1n) is 9.12. The van der Waals surface area contributed by atoms with Crippen molar-refractivity contribution in [3.8, 4) is 0 Å². The first kappa shape index (κ1) is 19.7. The van der Waals surface area contributed by atoms with Crippen LogP contribution in [-0.4, -0.2) is 30.3 Å². The van der Waals surface area contributed by atoms with Gasteiger partial charge >= 0.3 is 6.09 Å². The molecule has 0 spiro atoms. The first-order chi connectivity index (χ1) is 11.6. The van der Waals surface area contributed by atoms with Crippen molar-refractivity contribution < 1.29 is 13.9 Å². The summed E-state index contributed by atoms with van der Waals surface area (Å²) in [5.41, 5.74) is 0.716. The minimum Gasteiger partial charge on any atom is -0.444 e. The average Bonchev–Trinajstić information content (AvgIpc) is 2.44. The number of nitrogens with one attached hydrogen (secondary N) is 2. The largest absolute Gasteiger partial charge is 0.444 e. The van der Waals surface area contributed by atoms with E-state index in [1.165, 1.54) is 17.7 Å². The van der Waals surface area contributed by atoms with Crippen LogP contribution in [0.1, 0.15) is 58.9 Å². The highest BCUT2D eigenvalue weighted by atomic mass is 19.1. The molecule has 1 amide bonds. The second-order valence-corrected chi connectivity index (χ2v) is 8.32. The summed E-state index contributed by atoms with van der Waals surface area (Å²) in [6, 6.07) is 7.44. The fourth-order valence-electron chi connectivity index (χ4n) is 3.06. The molecule has 2 rings (SSSR count). The molecule has 0 bridgehead atoms. The molecule has 2 N–H and O–H groups in total. The van der Waals surface area contributed by atoms with Crippen molar-refractivity contribution in [1.29, 1.82) is 0 Å². The summed E-state index contributed by atoms with van der Waals surface area (Å²) >= 11 is 0. The van der Waals surface area contributed by atoms with Crippen LogP contribution in [0.4, 0.5) is 9.18 Å². The van der Waals surface area contributed by atoms with E-state index in [9.17, 15) is 9.18 Å². The van der Waals surface area contributed by atoms with Gasteiger partial charge in [-0.05, 0) is 63.1 Å². The van der Waals surface area contributed by atoms with Crippen LogP contribution in [-0.2, 0) is 4.74 Å². The van der Waals surface area contributed by atoms with Gasteiger partial charge in [-0.3, -0.25) is 0 Å². The number of rotatable bonds is 6. The van der Waals surface area contributed by atoms with E-state index in [1.54, 1.807) is 0 Å². The molecule has 1 atom stereocenters. The molecule has 4 nitrogen and oxygen atoms in total. The first-order valence-corrected chi connectivity index (χ1v) is 9.12. The molecular formula is C20H31FN2O2. The minimum atomic E-state index is -0.485. The molecule has 0 heterocycles. The zero-order chi connectivity index (χ0) is 18.6. The molecule has 1 saturated carbocycles. The van der Waals surface area contributed by atoms with Crippen molar-refractivity contribution in [1.82, 2.24) is 10.6 Å². The van der Waals surface area contributed by atoms with E-state index in [0.29, 0.717) is 24.4 Å². The zero-order valence-electron chi connectivity index (χ0n) is 15.9. The molecule has 25 heavy (non-hydrogen) atoms. The van der Waals surface area contributed by atoms with E-state index in [-0.39, 0.29) is 18.0 Å². The van der Waals surface area contributed by atoms with E-state index >= 15 is 0 Å². The van der Waals surface area contributed by atoms with Crippen LogP contribution in [0.15, 0.2) is 24.3 Å². The molecule has 1 fully saturated rings. The lowest BCUT2D eigenvalue weighted by Crippen LogP contribution is -2.52. The smallest absolute Gasteiger partial charge is 0.407 e. The molecule has 140 valence electrons. The summed E-state index contributed by atoms with van der Waals surface area (Å²) in [6.45, 7) is 10.4. The predicted octanol–water partition coefficient (Wildman–Crippen LogP) is 4.21. The van der Waals surface area contributed by atoms with Gasteiger partial charge in [-0.15, -0.1) is 0 Å². The predicted molar refractivity (Wildman–Crippen MR) is 98.2 cm³/mol. The van der Waals surface area contributed by atoms with E-state index in [0.717, 1.165) is 12.8 Å². The lowest BCUT2D eigenvalue weighted by Gasteiger charge is -2.40. The molecule has 1 aliphatic rings. The number of carbonyl (C=O) groups is 1. The van der Waals surface area contributed by atoms with Gasteiger partial charge in [0.1, 0.15) is 11.4 Å². The molecule has 0 aliphatic heterocycles. The number of hydrogen-bond acceptors (Lipinski definition) is 3. The molecular weight excluding hydrogens is 319 g/mol. The molecule has 0 saturated heterocycles. The summed E-state index contributed by atoms with van der Waals surface area (Å²) < 4.78 is 18.3. The van der Waals surface area contributed by atoms with Gasteiger partial charge in [0.15, 0.2) is 0 Å². The van der Waals surface area contributed by atoms with Crippen molar-refractivity contribution in [3.05, 3.63) is 35.6 Å².